The van der Waals surface area contributed by atoms with E-state index in [0.29, 0.717) is 17.8 Å². The second kappa shape index (κ2) is 11.1. The van der Waals surface area contributed by atoms with Gasteiger partial charge in [-0.1, -0.05) is 50.6 Å². The van der Waals surface area contributed by atoms with Crippen LogP contribution < -0.4 is 16.4 Å². The molecular weight excluding hydrogens is 278 g/mol. The van der Waals surface area contributed by atoms with Crippen molar-refractivity contribution in [3.05, 3.63) is 35.9 Å². The van der Waals surface area contributed by atoms with Crippen LogP contribution in [0.3, 0.4) is 0 Å². The molecule has 0 amide bonds. The minimum Gasteiger partial charge on any atom is -0.326 e. The van der Waals surface area contributed by atoms with Crippen molar-refractivity contribution in [2.45, 2.75) is 45.3 Å². The molecule has 0 bridgehead atoms. The second-order valence-corrected chi connectivity index (χ2v) is 6.21. The predicted molar refractivity (Wildman–Crippen MR) is 95.8 cm³/mol. The molecule has 0 saturated carbocycles. The average molecular weight is 310 g/mol. The summed E-state index contributed by atoms with van der Waals surface area (Å²) in [6, 6.07) is 10.7. The maximum absolute atomic E-state index is 5.94. The van der Waals surface area contributed by atoms with Crippen molar-refractivity contribution in [3.63, 3.8) is 0 Å². The molecule has 1 aromatic carbocycles. The van der Waals surface area contributed by atoms with Gasteiger partial charge in [-0.2, -0.15) is 12.6 Å². The molecule has 3 nitrogen and oxygen atoms in total. The Hall–Kier alpha value is -0.550. The van der Waals surface area contributed by atoms with E-state index in [0.717, 1.165) is 25.9 Å². The van der Waals surface area contributed by atoms with Gasteiger partial charge in [0.1, 0.15) is 0 Å². The van der Waals surface area contributed by atoms with Crippen LogP contribution >= 0.6 is 12.6 Å². The Morgan fingerprint density at radius 3 is 2.52 bits per heavy atom. The van der Waals surface area contributed by atoms with Crippen molar-refractivity contribution in [1.29, 1.82) is 0 Å². The van der Waals surface area contributed by atoms with E-state index in [4.69, 9.17) is 5.73 Å². The van der Waals surface area contributed by atoms with Crippen LogP contribution in [0.15, 0.2) is 30.3 Å². The summed E-state index contributed by atoms with van der Waals surface area (Å²) in [7, 11) is 0. The minimum absolute atomic E-state index is 0.115. The van der Waals surface area contributed by atoms with Gasteiger partial charge in [0.15, 0.2) is 0 Å². The van der Waals surface area contributed by atoms with E-state index < -0.39 is 0 Å². The number of rotatable bonds is 11. The lowest BCUT2D eigenvalue weighted by Gasteiger charge is -2.24. The Bertz CT molecular complexity index is 358. The van der Waals surface area contributed by atoms with E-state index in [1.807, 2.05) is 0 Å². The zero-order valence-corrected chi connectivity index (χ0v) is 14.3. The van der Waals surface area contributed by atoms with Crippen LogP contribution in [0.2, 0.25) is 0 Å². The van der Waals surface area contributed by atoms with Crippen LogP contribution in [0.1, 0.15) is 32.3 Å². The normalized spacial score (nSPS) is 15.6. The number of hydrogen-bond donors (Lipinski definition) is 4. The van der Waals surface area contributed by atoms with Gasteiger partial charge in [0.25, 0.3) is 0 Å². The molecule has 120 valence electrons. The Kier molecular flexibility index (Phi) is 9.76. The lowest BCUT2D eigenvalue weighted by Crippen LogP contribution is -2.48. The summed E-state index contributed by atoms with van der Waals surface area (Å²) in [4.78, 5) is 0. The molecule has 0 spiro atoms. The van der Waals surface area contributed by atoms with Gasteiger partial charge in [-0.15, -0.1) is 0 Å². The molecule has 1 aromatic rings. The number of nitrogens with two attached hydrogens (primary N) is 1. The molecule has 0 fully saturated rings. The van der Waals surface area contributed by atoms with Crippen molar-refractivity contribution in [2.24, 2.45) is 11.7 Å². The average Bonchev–Trinajstić information content (AvgIpc) is 2.52. The van der Waals surface area contributed by atoms with Crippen LogP contribution in [-0.2, 0) is 6.42 Å². The molecule has 0 radical (unpaired) electrons. The molecule has 0 saturated heterocycles. The van der Waals surface area contributed by atoms with Gasteiger partial charge in [-0.05, 0) is 24.3 Å². The second-order valence-electron chi connectivity index (χ2n) is 5.84. The monoisotopic (exact) mass is 309 g/mol. The first-order chi connectivity index (χ1) is 10.2. The highest BCUT2D eigenvalue weighted by molar-refractivity contribution is 7.80. The standard InChI is InChI=1S/C17H31N3S/c1-3-14(2)11-17(20-12-16(18)13-21)19-10-9-15-7-5-4-6-8-15/h4-8,14,16-17,19-21H,3,9-13,18H2,1-2H3/t14?,16-,17?/m1/s1. The molecule has 4 N–H and O–H groups in total. The Balaban J connectivity index is 2.36. The molecular formula is C17H31N3S. The lowest BCUT2D eigenvalue weighted by molar-refractivity contribution is 0.338. The van der Waals surface area contributed by atoms with E-state index in [1.54, 1.807) is 0 Å². The van der Waals surface area contributed by atoms with Crippen LogP contribution in [0.25, 0.3) is 0 Å². The zero-order valence-electron chi connectivity index (χ0n) is 13.4. The Labute approximate surface area is 135 Å². The largest absolute Gasteiger partial charge is 0.326 e. The fourth-order valence-electron chi connectivity index (χ4n) is 2.20. The summed E-state index contributed by atoms with van der Waals surface area (Å²) in [6.07, 6.45) is 3.72. The number of thiol groups is 1. The quantitative estimate of drug-likeness (QED) is 0.375. The molecule has 0 aliphatic rings. The predicted octanol–water partition coefficient (Wildman–Crippen LogP) is 2.43. The Morgan fingerprint density at radius 2 is 1.90 bits per heavy atom. The highest BCUT2D eigenvalue weighted by atomic mass is 32.1. The first kappa shape index (κ1) is 18.5. The highest BCUT2D eigenvalue weighted by Gasteiger charge is 2.12. The van der Waals surface area contributed by atoms with Gasteiger partial charge in [0, 0.05) is 24.9 Å². The van der Waals surface area contributed by atoms with Crippen molar-refractivity contribution in [1.82, 2.24) is 10.6 Å². The van der Waals surface area contributed by atoms with Crippen molar-refractivity contribution in [2.75, 3.05) is 18.8 Å². The topological polar surface area (TPSA) is 50.1 Å². The Morgan fingerprint density at radius 1 is 1.19 bits per heavy atom. The maximum atomic E-state index is 5.94. The van der Waals surface area contributed by atoms with Gasteiger partial charge < -0.3 is 16.4 Å². The van der Waals surface area contributed by atoms with Crippen LogP contribution in [0, 0.1) is 5.92 Å². The van der Waals surface area contributed by atoms with Crippen LogP contribution in [0.4, 0.5) is 0 Å². The van der Waals surface area contributed by atoms with E-state index in [2.05, 4.69) is 67.4 Å². The molecule has 0 heterocycles. The van der Waals surface area contributed by atoms with Crippen molar-refractivity contribution in [3.8, 4) is 0 Å². The number of hydrogen-bond acceptors (Lipinski definition) is 4. The lowest BCUT2D eigenvalue weighted by atomic mass is 10.0. The molecule has 0 aliphatic carbocycles. The van der Waals surface area contributed by atoms with Gasteiger partial charge in [-0.25, -0.2) is 0 Å². The zero-order chi connectivity index (χ0) is 15.5. The molecule has 4 heteroatoms. The van der Waals surface area contributed by atoms with Gasteiger partial charge in [0.05, 0.1) is 6.17 Å². The first-order valence-corrected chi connectivity index (χ1v) is 8.66. The van der Waals surface area contributed by atoms with Gasteiger partial charge in [-0.3, -0.25) is 0 Å². The van der Waals surface area contributed by atoms with E-state index in [9.17, 15) is 0 Å². The maximum Gasteiger partial charge on any atom is 0.0574 e. The third-order valence-corrected chi connectivity index (χ3v) is 4.31. The number of nitrogens with one attached hydrogen (secondary N) is 2. The summed E-state index contributed by atoms with van der Waals surface area (Å²) in [6.45, 7) is 6.33. The molecule has 21 heavy (non-hydrogen) atoms. The smallest absolute Gasteiger partial charge is 0.0574 e. The third kappa shape index (κ3) is 8.47. The van der Waals surface area contributed by atoms with Crippen molar-refractivity contribution >= 4 is 12.6 Å². The highest BCUT2D eigenvalue weighted by Crippen LogP contribution is 2.08. The molecule has 1 rings (SSSR count). The van der Waals surface area contributed by atoms with Gasteiger partial charge >= 0.3 is 0 Å². The summed E-state index contributed by atoms with van der Waals surface area (Å²) in [5, 5.41) is 7.16. The van der Waals surface area contributed by atoms with Crippen LogP contribution in [0.5, 0.6) is 0 Å². The van der Waals surface area contributed by atoms with Crippen LogP contribution in [-0.4, -0.2) is 31.0 Å². The fraction of sp³-hybridized carbons (Fsp3) is 0.647. The first-order valence-electron chi connectivity index (χ1n) is 8.02. The van der Waals surface area contributed by atoms with Crippen molar-refractivity contribution < 1.29 is 0 Å². The molecule has 2 unspecified atom stereocenters. The number of benzene rings is 1. The third-order valence-electron chi connectivity index (χ3n) is 3.84. The summed E-state index contributed by atoms with van der Waals surface area (Å²) in [5.74, 6) is 1.42. The SMILES string of the molecule is CCC(C)CC(NCCc1ccccc1)NC[C@@H](N)CS. The fourth-order valence-corrected chi connectivity index (χ4v) is 2.33. The summed E-state index contributed by atoms with van der Waals surface area (Å²) < 4.78 is 0. The van der Waals surface area contributed by atoms with E-state index in [-0.39, 0.29) is 6.04 Å². The van der Waals surface area contributed by atoms with E-state index >= 15 is 0 Å². The summed E-state index contributed by atoms with van der Waals surface area (Å²) in [5.41, 5.74) is 7.31. The minimum atomic E-state index is 0.115. The summed E-state index contributed by atoms with van der Waals surface area (Å²) >= 11 is 4.24. The molecule has 0 aromatic heterocycles. The molecule has 3 atom stereocenters. The van der Waals surface area contributed by atoms with Gasteiger partial charge in [0.2, 0.25) is 0 Å². The molecule has 0 aliphatic heterocycles. The van der Waals surface area contributed by atoms with E-state index in [1.165, 1.54) is 12.0 Å².